The van der Waals surface area contributed by atoms with E-state index in [4.69, 9.17) is 11.6 Å². The highest BCUT2D eigenvalue weighted by Crippen LogP contribution is 2.36. The van der Waals surface area contributed by atoms with Gasteiger partial charge < -0.3 is 0 Å². The highest BCUT2D eigenvalue weighted by Gasteiger charge is 2.24. The average Bonchev–Trinajstić information content (AvgIpc) is 2.18. The van der Waals surface area contributed by atoms with Gasteiger partial charge in [-0.25, -0.2) is 4.98 Å². The predicted octanol–water partition coefficient (Wildman–Crippen LogP) is 4.54. The van der Waals surface area contributed by atoms with Crippen LogP contribution in [-0.4, -0.2) is 4.98 Å². The van der Waals surface area contributed by atoms with Gasteiger partial charge in [0.05, 0.1) is 0 Å². The normalized spacial score (nSPS) is 24.6. The zero-order valence-corrected chi connectivity index (χ0v) is 11.3. The van der Waals surface area contributed by atoms with Crippen molar-refractivity contribution in [3.05, 3.63) is 28.0 Å². The molecule has 0 N–H and O–H groups in total. The van der Waals surface area contributed by atoms with Crippen molar-refractivity contribution in [2.45, 2.75) is 52.4 Å². The van der Waals surface area contributed by atoms with Crippen molar-refractivity contribution < 1.29 is 0 Å². The van der Waals surface area contributed by atoms with Crippen molar-refractivity contribution >= 4 is 11.6 Å². The number of halogens is 1. The van der Waals surface area contributed by atoms with E-state index in [0.29, 0.717) is 17.0 Å². The number of nitrogens with zero attached hydrogens (tertiary/aromatic N) is 1. The van der Waals surface area contributed by atoms with Crippen LogP contribution in [0.25, 0.3) is 0 Å². The summed E-state index contributed by atoms with van der Waals surface area (Å²) in [6.07, 6.45) is 2.39. The molecule has 2 atom stereocenters. The Balaban J connectivity index is 2.48. The van der Waals surface area contributed by atoms with E-state index in [1.165, 1.54) is 23.2 Å². The first-order valence-electron chi connectivity index (χ1n) is 6.18. The maximum absolute atomic E-state index is 6.25. The fourth-order valence-electron chi connectivity index (χ4n) is 2.73. The third-order valence-corrected chi connectivity index (χ3v) is 3.83. The van der Waals surface area contributed by atoms with E-state index in [2.05, 4.69) is 38.7 Å². The van der Waals surface area contributed by atoms with E-state index in [1.807, 2.05) is 0 Å². The van der Waals surface area contributed by atoms with Crippen molar-refractivity contribution in [1.29, 1.82) is 0 Å². The zero-order chi connectivity index (χ0) is 11.9. The maximum Gasteiger partial charge on any atom is 0.132 e. The van der Waals surface area contributed by atoms with E-state index in [0.717, 1.165) is 12.3 Å². The predicted molar refractivity (Wildman–Crippen MR) is 69.2 cm³/mol. The first kappa shape index (κ1) is 11.9. The van der Waals surface area contributed by atoms with Gasteiger partial charge in [-0.1, -0.05) is 45.4 Å². The van der Waals surface area contributed by atoms with Gasteiger partial charge in [0.1, 0.15) is 5.15 Å². The summed E-state index contributed by atoms with van der Waals surface area (Å²) in [6.45, 7) is 8.92. The SMILES string of the molecule is CC1Cc2cc(C(C)C)c(Cl)nc2C(C)C1. The first-order valence-corrected chi connectivity index (χ1v) is 6.56. The molecule has 1 aliphatic carbocycles. The van der Waals surface area contributed by atoms with Crippen LogP contribution >= 0.6 is 11.6 Å². The highest BCUT2D eigenvalue weighted by atomic mass is 35.5. The van der Waals surface area contributed by atoms with Crippen molar-refractivity contribution in [3.8, 4) is 0 Å². The molecule has 16 heavy (non-hydrogen) atoms. The number of pyridine rings is 1. The molecule has 2 heteroatoms. The molecule has 0 saturated heterocycles. The number of aromatic nitrogens is 1. The summed E-state index contributed by atoms with van der Waals surface area (Å²) in [4.78, 5) is 4.62. The highest BCUT2D eigenvalue weighted by molar-refractivity contribution is 6.30. The summed E-state index contributed by atoms with van der Waals surface area (Å²) in [7, 11) is 0. The third-order valence-electron chi connectivity index (χ3n) is 3.53. The van der Waals surface area contributed by atoms with Gasteiger partial charge in [-0.15, -0.1) is 0 Å². The monoisotopic (exact) mass is 237 g/mol. The van der Waals surface area contributed by atoms with E-state index < -0.39 is 0 Å². The van der Waals surface area contributed by atoms with Gasteiger partial charge in [0.2, 0.25) is 0 Å². The van der Waals surface area contributed by atoms with Gasteiger partial charge in [-0.2, -0.15) is 0 Å². The molecule has 0 saturated carbocycles. The zero-order valence-electron chi connectivity index (χ0n) is 10.5. The minimum Gasteiger partial charge on any atom is -0.240 e. The van der Waals surface area contributed by atoms with Gasteiger partial charge in [0, 0.05) is 5.69 Å². The topological polar surface area (TPSA) is 12.9 Å². The smallest absolute Gasteiger partial charge is 0.132 e. The second kappa shape index (κ2) is 4.37. The fraction of sp³-hybridized carbons (Fsp3) is 0.643. The van der Waals surface area contributed by atoms with E-state index in [9.17, 15) is 0 Å². The molecule has 1 aromatic heterocycles. The Labute approximate surface area is 103 Å². The van der Waals surface area contributed by atoms with E-state index in [-0.39, 0.29) is 0 Å². The summed E-state index contributed by atoms with van der Waals surface area (Å²) in [5.74, 6) is 1.78. The lowest BCUT2D eigenvalue weighted by Crippen LogP contribution is -2.17. The minimum atomic E-state index is 0.456. The fourth-order valence-corrected chi connectivity index (χ4v) is 3.10. The summed E-state index contributed by atoms with van der Waals surface area (Å²) < 4.78 is 0. The van der Waals surface area contributed by atoms with Crippen molar-refractivity contribution in [3.63, 3.8) is 0 Å². The third kappa shape index (κ3) is 2.10. The van der Waals surface area contributed by atoms with Gasteiger partial charge in [-0.05, 0) is 41.7 Å². The molecule has 0 amide bonds. The number of hydrogen-bond acceptors (Lipinski definition) is 1. The second-order valence-electron chi connectivity index (χ2n) is 5.51. The molecule has 0 spiro atoms. The number of fused-ring (bicyclic) bond motifs is 1. The van der Waals surface area contributed by atoms with Gasteiger partial charge in [-0.3, -0.25) is 0 Å². The summed E-state index contributed by atoms with van der Waals surface area (Å²) in [5.41, 5.74) is 3.84. The quantitative estimate of drug-likeness (QED) is 0.654. The number of hydrogen-bond donors (Lipinski definition) is 0. The maximum atomic E-state index is 6.25. The lowest BCUT2D eigenvalue weighted by atomic mass is 9.80. The van der Waals surface area contributed by atoms with Crippen LogP contribution in [0.15, 0.2) is 6.07 Å². The second-order valence-corrected chi connectivity index (χ2v) is 5.87. The van der Waals surface area contributed by atoms with E-state index in [1.54, 1.807) is 0 Å². The van der Waals surface area contributed by atoms with Crippen molar-refractivity contribution in [1.82, 2.24) is 4.98 Å². The van der Waals surface area contributed by atoms with Gasteiger partial charge in [0.15, 0.2) is 0 Å². The largest absolute Gasteiger partial charge is 0.240 e. The van der Waals surface area contributed by atoms with Crippen LogP contribution < -0.4 is 0 Å². The molecule has 0 bridgehead atoms. The molecule has 2 unspecified atom stereocenters. The molecule has 1 nitrogen and oxygen atoms in total. The molecule has 1 aliphatic rings. The van der Waals surface area contributed by atoms with Gasteiger partial charge >= 0.3 is 0 Å². The summed E-state index contributed by atoms with van der Waals surface area (Å²) in [6, 6.07) is 2.28. The molecule has 0 fully saturated rings. The first-order chi connectivity index (χ1) is 7.49. The standard InChI is InChI=1S/C14H20ClN/c1-8(2)12-7-11-6-9(3)5-10(4)13(11)16-14(12)15/h7-10H,5-6H2,1-4H3. The molecule has 0 aromatic carbocycles. The number of rotatable bonds is 1. The van der Waals surface area contributed by atoms with Crippen LogP contribution in [0.1, 0.15) is 62.8 Å². The Morgan fingerprint density at radius 3 is 2.69 bits per heavy atom. The molecular formula is C14H20ClN. The van der Waals surface area contributed by atoms with Crippen LogP contribution in [0.2, 0.25) is 5.15 Å². The summed E-state index contributed by atoms with van der Waals surface area (Å²) >= 11 is 6.25. The molecule has 88 valence electrons. The van der Waals surface area contributed by atoms with Crippen molar-refractivity contribution in [2.24, 2.45) is 5.92 Å². The molecule has 1 heterocycles. The van der Waals surface area contributed by atoms with Crippen LogP contribution in [0.4, 0.5) is 0 Å². The molecule has 0 radical (unpaired) electrons. The molecular weight excluding hydrogens is 218 g/mol. The van der Waals surface area contributed by atoms with Crippen LogP contribution in [0, 0.1) is 5.92 Å². The molecule has 1 aromatic rings. The Morgan fingerprint density at radius 1 is 1.38 bits per heavy atom. The van der Waals surface area contributed by atoms with Crippen molar-refractivity contribution in [2.75, 3.05) is 0 Å². The minimum absolute atomic E-state index is 0.456. The summed E-state index contributed by atoms with van der Waals surface area (Å²) in [5, 5.41) is 0.704. The lowest BCUT2D eigenvalue weighted by Gasteiger charge is -2.27. The molecule has 2 rings (SSSR count). The van der Waals surface area contributed by atoms with Crippen LogP contribution in [0.5, 0.6) is 0 Å². The Kier molecular flexibility index (Phi) is 3.25. The van der Waals surface area contributed by atoms with Crippen LogP contribution in [0.3, 0.4) is 0 Å². The van der Waals surface area contributed by atoms with E-state index >= 15 is 0 Å². The Morgan fingerprint density at radius 2 is 2.06 bits per heavy atom. The van der Waals surface area contributed by atoms with Gasteiger partial charge in [0.25, 0.3) is 0 Å². The average molecular weight is 238 g/mol. The Bertz CT molecular complexity index is 398. The molecule has 0 aliphatic heterocycles. The van der Waals surface area contributed by atoms with Crippen LogP contribution in [-0.2, 0) is 6.42 Å². The lowest BCUT2D eigenvalue weighted by molar-refractivity contribution is 0.440. The Hall–Kier alpha value is -0.560.